The van der Waals surface area contributed by atoms with E-state index < -0.39 is 6.10 Å². The van der Waals surface area contributed by atoms with Crippen LogP contribution < -0.4 is 0 Å². The Morgan fingerprint density at radius 1 is 0.314 bits per heavy atom. The van der Waals surface area contributed by atoms with Gasteiger partial charge in [-0.25, -0.2) is 0 Å². The number of hydrogen-bond donors (Lipinski definition) is 0. The fraction of sp³-hybridized carbons (Fsp3) is 0.609. The molecule has 1 atom stereocenters. The summed E-state index contributed by atoms with van der Waals surface area (Å²) in [4.78, 5) is 38.1. The normalized spacial score (nSPS) is 13.1. The molecule has 0 saturated carbocycles. The van der Waals surface area contributed by atoms with Crippen molar-refractivity contribution in [3.8, 4) is 0 Å². The van der Waals surface area contributed by atoms with Gasteiger partial charge in [0.15, 0.2) is 6.10 Å². The highest BCUT2D eigenvalue weighted by molar-refractivity contribution is 5.71. The van der Waals surface area contributed by atoms with Crippen molar-refractivity contribution < 1.29 is 28.6 Å². The third kappa shape index (κ3) is 54.5. The first-order valence-electron chi connectivity index (χ1n) is 28.2. The zero-order valence-electron chi connectivity index (χ0n) is 45.0. The Morgan fingerprint density at radius 3 is 1.13 bits per heavy atom. The van der Waals surface area contributed by atoms with Crippen LogP contribution in [0.1, 0.15) is 233 Å². The summed E-state index contributed by atoms with van der Waals surface area (Å²) >= 11 is 0. The van der Waals surface area contributed by atoms with E-state index in [0.717, 1.165) is 116 Å². The summed E-state index contributed by atoms with van der Waals surface area (Å²) in [5.74, 6) is -1.04. The summed E-state index contributed by atoms with van der Waals surface area (Å²) < 4.78 is 16.8. The lowest BCUT2D eigenvalue weighted by atomic mass is 10.1. The average Bonchev–Trinajstić information content (AvgIpc) is 3.36. The van der Waals surface area contributed by atoms with Gasteiger partial charge >= 0.3 is 17.9 Å². The monoisotopic (exact) mass is 967 g/mol. The lowest BCUT2D eigenvalue weighted by Crippen LogP contribution is -2.30. The van der Waals surface area contributed by atoms with Crippen LogP contribution in [0.15, 0.2) is 134 Å². The molecule has 0 aromatic rings. The van der Waals surface area contributed by atoms with Crippen LogP contribution in [0.25, 0.3) is 0 Å². The van der Waals surface area contributed by atoms with Crippen LogP contribution in [-0.2, 0) is 28.6 Å². The molecule has 0 aromatic carbocycles. The molecule has 0 aliphatic carbocycles. The number of rotatable bonds is 49. The van der Waals surface area contributed by atoms with Crippen molar-refractivity contribution in [2.45, 2.75) is 239 Å². The molecule has 0 aliphatic heterocycles. The Hall–Kier alpha value is -4.45. The van der Waals surface area contributed by atoms with Crippen molar-refractivity contribution in [1.29, 1.82) is 0 Å². The third-order valence-electron chi connectivity index (χ3n) is 11.5. The molecule has 394 valence electrons. The van der Waals surface area contributed by atoms with Crippen molar-refractivity contribution in [2.75, 3.05) is 13.2 Å². The molecule has 0 rings (SSSR count). The Kier molecular flexibility index (Phi) is 53.5. The van der Waals surface area contributed by atoms with Crippen molar-refractivity contribution >= 4 is 17.9 Å². The van der Waals surface area contributed by atoms with Gasteiger partial charge in [0.05, 0.1) is 0 Å². The topological polar surface area (TPSA) is 78.9 Å². The molecule has 0 fully saturated rings. The number of carbonyl (C=O) groups is 3. The maximum absolute atomic E-state index is 12.9. The van der Waals surface area contributed by atoms with Crippen molar-refractivity contribution in [3.05, 3.63) is 134 Å². The van der Waals surface area contributed by atoms with Gasteiger partial charge in [-0.1, -0.05) is 244 Å². The number of unbranched alkanes of at least 4 members (excludes halogenated alkanes) is 19. The molecular formula is C64H102O6. The predicted molar refractivity (Wildman–Crippen MR) is 302 cm³/mol. The minimum atomic E-state index is -0.828. The van der Waals surface area contributed by atoms with E-state index in [1.165, 1.54) is 70.6 Å². The molecule has 0 radical (unpaired) electrons. The molecule has 6 nitrogen and oxygen atoms in total. The second kappa shape index (κ2) is 57.1. The van der Waals surface area contributed by atoms with Crippen LogP contribution in [0.4, 0.5) is 0 Å². The third-order valence-corrected chi connectivity index (χ3v) is 11.5. The summed E-state index contributed by atoms with van der Waals surface area (Å²) in [6, 6.07) is 0. The van der Waals surface area contributed by atoms with Crippen molar-refractivity contribution in [1.82, 2.24) is 0 Å². The average molecular weight is 968 g/mol. The highest BCUT2D eigenvalue weighted by Crippen LogP contribution is 2.14. The van der Waals surface area contributed by atoms with Crippen molar-refractivity contribution in [3.63, 3.8) is 0 Å². The van der Waals surface area contributed by atoms with E-state index in [-0.39, 0.29) is 37.5 Å². The first-order chi connectivity index (χ1) is 34.5. The Morgan fingerprint density at radius 2 is 0.657 bits per heavy atom. The second-order valence-electron chi connectivity index (χ2n) is 18.2. The zero-order chi connectivity index (χ0) is 50.7. The molecular weight excluding hydrogens is 865 g/mol. The molecule has 0 aromatic heterocycles. The standard InChI is InChI=1S/C64H102O6/c1-4-7-10-13-16-19-22-25-28-30-32-34-36-39-42-45-48-51-54-57-63(66)69-60-61(59-68-62(65)56-53-50-47-44-41-38-35-27-24-21-18-15-12-9-6-3)70-64(67)58-55-52-49-46-43-40-37-33-31-29-26-23-20-17-14-11-8-5-2/h7,9-10,12,15-16,18-19,21,24-25,27-28,32-35,37,39,42,48,51,61H,4-6,8,11,13-14,17,20,22-23,26,29-31,36,38,40-41,43-47,49-50,52-60H2,1-3H3/b10-7-,12-9-,18-15-,19-16-,24-21-,28-25-,34-32-,35-27-,37-33-,42-39-,51-48-. The van der Waals surface area contributed by atoms with Crippen LogP contribution in [0.3, 0.4) is 0 Å². The van der Waals surface area contributed by atoms with Gasteiger partial charge in [-0.05, 0) is 103 Å². The zero-order valence-corrected chi connectivity index (χ0v) is 45.0. The fourth-order valence-corrected chi connectivity index (χ4v) is 7.30. The van der Waals surface area contributed by atoms with Crippen LogP contribution in [-0.4, -0.2) is 37.2 Å². The van der Waals surface area contributed by atoms with Crippen LogP contribution in [0.2, 0.25) is 0 Å². The van der Waals surface area contributed by atoms with Gasteiger partial charge in [0.1, 0.15) is 13.2 Å². The second-order valence-corrected chi connectivity index (χ2v) is 18.2. The van der Waals surface area contributed by atoms with Crippen LogP contribution in [0, 0.1) is 0 Å². The van der Waals surface area contributed by atoms with E-state index in [9.17, 15) is 14.4 Å². The Labute approximate surface area is 430 Å². The van der Waals surface area contributed by atoms with E-state index in [4.69, 9.17) is 14.2 Å². The first kappa shape index (κ1) is 65.5. The highest BCUT2D eigenvalue weighted by Gasteiger charge is 2.19. The van der Waals surface area contributed by atoms with Gasteiger partial charge in [0.2, 0.25) is 0 Å². The molecule has 0 spiro atoms. The van der Waals surface area contributed by atoms with E-state index in [0.29, 0.717) is 19.3 Å². The molecule has 0 aliphatic rings. The summed E-state index contributed by atoms with van der Waals surface area (Å²) in [7, 11) is 0. The lowest BCUT2D eigenvalue weighted by Gasteiger charge is -2.18. The van der Waals surface area contributed by atoms with Gasteiger partial charge in [0, 0.05) is 19.3 Å². The predicted octanol–water partition coefficient (Wildman–Crippen LogP) is 19.0. The lowest BCUT2D eigenvalue weighted by molar-refractivity contribution is -0.166. The maximum atomic E-state index is 12.9. The molecule has 70 heavy (non-hydrogen) atoms. The van der Waals surface area contributed by atoms with Gasteiger partial charge in [-0.3, -0.25) is 14.4 Å². The van der Waals surface area contributed by atoms with E-state index in [1.54, 1.807) is 0 Å². The molecule has 0 N–H and O–H groups in total. The van der Waals surface area contributed by atoms with Crippen molar-refractivity contribution in [2.24, 2.45) is 0 Å². The van der Waals surface area contributed by atoms with Crippen LogP contribution in [0.5, 0.6) is 0 Å². The number of esters is 3. The maximum Gasteiger partial charge on any atom is 0.306 e. The molecule has 0 bridgehead atoms. The molecule has 1 unspecified atom stereocenters. The first-order valence-corrected chi connectivity index (χ1v) is 28.2. The Balaban J connectivity index is 4.56. The number of ether oxygens (including phenoxy) is 3. The summed E-state index contributed by atoms with van der Waals surface area (Å²) in [5, 5.41) is 0. The Bertz CT molecular complexity index is 1530. The SMILES string of the molecule is CC\C=C/C=C\C=C/C=C\CCCCCCCC(=O)OCC(COC(=O)CC/C=C\C/C=C\C/C=C\C/C=C\C/C=C\C/C=C\CC)OC(=O)CCCCCCC/C=C\CCCCCCCCCCC. The summed E-state index contributed by atoms with van der Waals surface area (Å²) in [5.41, 5.74) is 0. The summed E-state index contributed by atoms with van der Waals surface area (Å²) in [6.45, 7) is 6.29. The molecule has 6 heteroatoms. The van der Waals surface area contributed by atoms with Gasteiger partial charge in [-0.15, -0.1) is 0 Å². The molecule has 0 amide bonds. The number of allylic oxidation sites excluding steroid dienone is 22. The van der Waals surface area contributed by atoms with E-state index >= 15 is 0 Å². The summed E-state index contributed by atoms with van der Waals surface area (Å²) in [6.07, 6.45) is 80.2. The minimum Gasteiger partial charge on any atom is -0.462 e. The number of hydrogen-bond acceptors (Lipinski definition) is 6. The fourth-order valence-electron chi connectivity index (χ4n) is 7.30. The molecule has 0 saturated heterocycles. The smallest absolute Gasteiger partial charge is 0.306 e. The van der Waals surface area contributed by atoms with E-state index in [2.05, 4.69) is 118 Å². The minimum absolute atomic E-state index is 0.121. The highest BCUT2D eigenvalue weighted by atomic mass is 16.6. The van der Waals surface area contributed by atoms with E-state index in [1.807, 2.05) is 36.5 Å². The van der Waals surface area contributed by atoms with Gasteiger partial charge in [0.25, 0.3) is 0 Å². The molecule has 0 heterocycles. The van der Waals surface area contributed by atoms with Gasteiger partial charge < -0.3 is 14.2 Å². The number of carbonyl (C=O) groups excluding carboxylic acids is 3. The van der Waals surface area contributed by atoms with Gasteiger partial charge in [-0.2, -0.15) is 0 Å². The largest absolute Gasteiger partial charge is 0.462 e. The van der Waals surface area contributed by atoms with Crippen LogP contribution >= 0.6 is 0 Å². The quantitative estimate of drug-likeness (QED) is 0.0199.